The van der Waals surface area contributed by atoms with Gasteiger partial charge in [-0.15, -0.1) is 0 Å². The minimum atomic E-state index is -0.701. The van der Waals surface area contributed by atoms with Crippen molar-refractivity contribution in [2.45, 2.75) is 5.92 Å². The SMILES string of the molecule is CNC(=S)C(c1ccc(Cl)cc1)c1c(Cl)cc(-n2ncc(=O)[nH]c2=O)cc1Cl. The fourth-order valence-corrected chi connectivity index (χ4v) is 3.83. The van der Waals surface area contributed by atoms with Crippen LogP contribution in [-0.2, 0) is 0 Å². The number of halogens is 3. The van der Waals surface area contributed by atoms with Crippen LogP contribution in [0.2, 0.25) is 15.1 Å². The summed E-state index contributed by atoms with van der Waals surface area (Å²) in [5.41, 5.74) is 0.431. The average molecular weight is 456 g/mol. The number of nitrogens with one attached hydrogen (secondary N) is 2. The number of aromatic nitrogens is 3. The highest BCUT2D eigenvalue weighted by atomic mass is 35.5. The van der Waals surface area contributed by atoms with E-state index in [-0.39, 0.29) is 0 Å². The summed E-state index contributed by atoms with van der Waals surface area (Å²) in [5.74, 6) is -0.424. The fourth-order valence-electron chi connectivity index (χ4n) is 2.75. The van der Waals surface area contributed by atoms with Crippen LogP contribution in [-0.4, -0.2) is 26.8 Å². The molecule has 0 fully saturated rings. The third kappa shape index (κ3) is 4.12. The predicted molar refractivity (Wildman–Crippen MR) is 115 cm³/mol. The second-order valence-electron chi connectivity index (χ2n) is 5.77. The van der Waals surface area contributed by atoms with Gasteiger partial charge in [0.15, 0.2) is 0 Å². The van der Waals surface area contributed by atoms with Gasteiger partial charge in [0.2, 0.25) is 0 Å². The Morgan fingerprint density at radius 1 is 1.14 bits per heavy atom. The molecule has 0 saturated heterocycles. The third-order valence-electron chi connectivity index (χ3n) is 4.02. The van der Waals surface area contributed by atoms with Crippen LogP contribution >= 0.6 is 47.0 Å². The molecule has 2 N–H and O–H groups in total. The van der Waals surface area contributed by atoms with Crippen molar-refractivity contribution >= 4 is 52.0 Å². The number of H-pyrrole nitrogens is 1. The van der Waals surface area contributed by atoms with Gasteiger partial charge >= 0.3 is 5.69 Å². The summed E-state index contributed by atoms with van der Waals surface area (Å²) in [6, 6.07) is 10.3. The van der Waals surface area contributed by atoms with Crippen molar-refractivity contribution in [2.24, 2.45) is 0 Å². The fraction of sp³-hybridized carbons (Fsp3) is 0.111. The standard InChI is InChI=1S/C18H13Cl3N4O2S/c1-22-17(28)15(9-2-4-10(19)5-3-9)16-12(20)6-11(7-13(16)21)25-18(27)24-14(26)8-23-25/h2-8,15H,1H3,(H,22,28)(H,24,26,27). The summed E-state index contributed by atoms with van der Waals surface area (Å²) in [6.45, 7) is 0. The van der Waals surface area contributed by atoms with Crippen LogP contribution in [0.15, 0.2) is 52.2 Å². The molecule has 0 spiro atoms. The largest absolute Gasteiger partial charge is 0.382 e. The lowest BCUT2D eigenvalue weighted by Gasteiger charge is -2.22. The first-order valence-corrected chi connectivity index (χ1v) is 9.51. The molecule has 1 aromatic heterocycles. The number of nitrogens with zero attached hydrogens (tertiary/aromatic N) is 2. The predicted octanol–water partition coefficient (Wildman–Crippen LogP) is 3.56. The van der Waals surface area contributed by atoms with Crippen molar-refractivity contribution < 1.29 is 0 Å². The molecule has 0 amide bonds. The van der Waals surface area contributed by atoms with Crippen LogP contribution in [0.4, 0.5) is 0 Å². The van der Waals surface area contributed by atoms with Crippen molar-refractivity contribution in [1.82, 2.24) is 20.1 Å². The molecule has 0 aliphatic heterocycles. The number of aromatic amines is 1. The smallest absolute Gasteiger partial charge is 0.349 e. The first-order chi connectivity index (χ1) is 13.3. The molecule has 1 atom stereocenters. The summed E-state index contributed by atoms with van der Waals surface area (Å²) in [7, 11) is 1.71. The first kappa shape index (κ1) is 20.5. The zero-order valence-electron chi connectivity index (χ0n) is 14.4. The van der Waals surface area contributed by atoms with E-state index in [0.29, 0.717) is 31.3 Å². The van der Waals surface area contributed by atoms with Gasteiger partial charge in [0.25, 0.3) is 5.56 Å². The van der Waals surface area contributed by atoms with Gasteiger partial charge in [0.1, 0.15) is 6.20 Å². The summed E-state index contributed by atoms with van der Waals surface area (Å²) < 4.78 is 0.997. The Morgan fingerprint density at radius 2 is 1.75 bits per heavy atom. The molecular formula is C18H13Cl3N4O2S. The monoisotopic (exact) mass is 454 g/mol. The molecule has 0 saturated carbocycles. The lowest BCUT2D eigenvalue weighted by atomic mass is 9.90. The molecule has 3 aromatic rings. The highest BCUT2D eigenvalue weighted by Gasteiger charge is 2.25. The lowest BCUT2D eigenvalue weighted by molar-refractivity contribution is 0.749. The molecular weight excluding hydrogens is 443 g/mol. The topological polar surface area (TPSA) is 79.8 Å². The van der Waals surface area contributed by atoms with E-state index >= 15 is 0 Å². The lowest BCUT2D eigenvalue weighted by Crippen LogP contribution is -2.30. The maximum Gasteiger partial charge on any atom is 0.349 e. The molecule has 3 rings (SSSR count). The van der Waals surface area contributed by atoms with E-state index in [1.54, 1.807) is 19.2 Å². The van der Waals surface area contributed by atoms with E-state index in [2.05, 4.69) is 15.4 Å². The van der Waals surface area contributed by atoms with Crippen molar-refractivity contribution in [2.75, 3.05) is 7.05 Å². The molecule has 0 radical (unpaired) electrons. The van der Waals surface area contributed by atoms with Gasteiger partial charge in [-0.2, -0.15) is 9.78 Å². The van der Waals surface area contributed by atoms with Gasteiger partial charge in [-0.3, -0.25) is 9.78 Å². The summed E-state index contributed by atoms with van der Waals surface area (Å²) in [4.78, 5) is 25.9. The molecule has 0 aliphatic rings. The maximum absolute atomic E-state index is 12.0. The van der Waals surface area contributed by atoms with E-state index in [1.165, 1.54) is 12.1 Å². The van der Waals surface area contributed by atoms with Crippen LogP contribution in [0.25, 0.3) is 5.69 Å². The van der Waals surface area contributed by atoms with E-state index in [9.17, 15) is 9.59 Å². The zero-order chi connectivity index (χ0) is 20.4. The molecule has 1 heterocycles. The third-order valence-corrected chi connectivity index (χ3v) is 5.34. The van der Waals surface area contributed by atoms with Gasteiger partial charge in [-0.05, 0) is 29.8 Å². The highest BCUT2D eigenvalue weighted by molar-refractivity contribution is 7.80. The van der Waals surface area contributed by atoms with E-state index < -0.39 is 17.2 Å². The number of hydrogen-bond acceptors (Lipinski definition) is 4. The Hall–Kier alpha value is -2.19. The van der Waals surface area contributed by atoms with Crippen molar-refractivity contribution in [1.29, 1.82) is 0 Å². The number of likely N-dealkylation sites (N-methyl/N-ethyl adjacent to an activating group) is 1. The minimum absolute atomic E-state index is 0.292. The summed E-state index contributed by atoms with van der Waals surface area (Å²) >= 11 is 24.5. The average Bonchev–Trinajstić information content (AvgIpc) is 2.65. The Kier molecular flexibility index (Phi) is 6.20. The molecule has 2 aromatic carbocycles. The molecule has 0 aliphatic carbocycles. The van der Waals surface area contributed by atoms with Crippen molar-refractivity contribution in [3.8, 4) is 5.69 Å². The molecule has 0 bridgehead atoms. The number of benzene rings is 2. The number of hydrogen-bond donors (Lipinski definition) is 2. The van der Waals surface area contributed by atoms with Crippen LogP contribution in [0.3, 0.4) is 0 Å². The minimum Gasteiger partial charge on any atom is -0.382 e. The van der Waals surface area contributed by atoms with Crippen molar-refractivity contribution in [3.63, 3.8) is 0 Å². The van der Waals surface area contributed by atoms with E-state index in [1.807, 2.05) is 12.1 Å². The number of rotatable bonds is 4. The Bertz CT molecular complexity index is 1140. The van der Waals surface area contributed by atoms with Gasteiger partial charge in [-0.1, -0.05) is 59.2 Å². The summed E-state index contributed by atoms with van der Waals surface area (Å²) in [5, 5.41) is 7.96. The van der Waals surface area contributed by atoms with Crippen LogP contribution in [0.5, 0.6) is 0 Å². The van der Waals surface area contributed by atoms with Gasteiger partial charge in [-0.25, -0.2) is 4.79 Å². The van der Waals surface area contributed by atoms with Crippen molar-refractivity contribution in [3.05, 3.63) is 89.6 Å². The van der Waals surface area contributed by atoms with E-state index in [0.717, 1.165) is 16.4 Å². The van der Waals surface area contributed by atoms with Crippen LogP contribution in [0, 0.1) is 0 Å². The molecule has 144 valence electrons. The highest BCUT2D eigenvalue weighted by Crippen LogP contribution is 2.38. The van der Waals surface area contributed by atoms with E-state index in [4.69, 9.17) is 47.0 Å². The second-order valence-corrected chi connectivity index (χ2v) is 7.46. The molecule has 10 heteroatoms. The molecule has 1 unspecified atom stereocenters. The van der Waals surface area contributed by atoms with Gasteiger partial charge in [0, 0.05) is 27.7 Å². The maximum atomic E-state index is 12.0. The Morgan fingerprint density at radius 3 is 2.29 bits per heavy atom. The Balaban J connectivity index is 2.17. The van der Waals surface area contributed by atoms with Crippen LogP contribution in [0.1, 0.15) is 17.0 Å². The molecule has 6 nitrogen and oxygen atoms in total. The normalized spacial score (nSPS) is 11.9. The summed E-state index contributed by atoms with van der Waals surface area (Å²) in [6.07, 6.45) is 0.990. The van der Waals surface area contributed by atoms with Crippen LogP contribution < -0.4 is 16.6 Å². The Labute approximate surface area is 180 Å². The first-order valence-electron chi connectivity index (χ1n) is 7.97. The van der Waals surface area contributed by atoms with Gasteiger partial charge in [0.05, 0.1) is 16.6 Å². The number of thiocarbonyl (C=S) groups is 1. The second kappa shape index (κ2) is 8.45. The zero-order valence-corrected chi connectivity index (χ0v) is 17.5. The molecule has 28 heavy (non-hydrogen) atoms. The quantitative estimate of drug-likeness (QED) is 0.588. The van der Waals surface area contributed by atoms with Gasteiger partial charge < -0.3 is 5.32 Å².